The van der Waals surface area contributed by atoms with E-state index in [1.165, 1.54) is 6.07 Å². The molecular weight excluding hydrogens is 512 g/mol. The molecule has 3 N–H and O–H groups in total. The van der Waals surface area contributed by atoms with Crippen molar-refractivity contribution in [1.82, 2.24) is 14.6 Å². The van der Waals surface area contributed by atoms with Crippen molar-refractivity contribution in [3.63, 3.8) is 0 Å². The Hall–Kier alpha value is -3.73. The van der Waals surface area contributed by atoms with Crippen LogP contribution in [0.3, 0.4) is 0 Å². The molecule has 6 rings (SSSR count). The van der Waals surface area contributed by atoms with Crippen molar-refractivity contribution < 1.29 is 13.2 Å². The number of amides is 1. The molecule has 1 aromatic heterocycles. The fourth-order valence-corrected chi connectivity index (χ4v) is 6.07. The number of fused-ring (bicyclic) bond motifs is 1. The second-order valence-electron chi connectivity index (χ2n) is 10.4. The molecule has 1 amide bonds. The summed E-state index contributed by atoms with van der Waals surface area (Å²) < 4.78 is 28.7. The number of hydrogen-bond acceptors (Lipinski definition) is 7. The Morgan fingerprint density at radius 3 is 2.49 bits per heavy atom. The van der Waals surface area contributed by atoms with Gasteiger partial charge in [0, 0.05) is 61.5 Å². The summed E-state index contributed by atoms with van der Waals surface area (Å²) >= 11 is 0. The summed E-state index contributed by atoms with van der Waals surface area (Å²) in [6.07, 6.45) is 3.77. The minimum absolute atomic E-state index is 0.132. The SMILES string of the molecule is CN1CCN(c2ccc(N/C(=C3\C(=O)Nc4ccc(S(=O)(=O)NCC5CC5)cc43)c3ccccn3)cc2)CC1. The first-order valence-corrected chi connectivity index (χ1v) is 14.8. The number of sulfonamides is 1. The number of anilines is 3. The molecule has 1 aliphatic carbocycles. The van der Waals surface area contributed by atoms with Gasteiger partial charge in [-0.25, -0.2) is 13.1 Å². The zero-order valence-corrected chi connectivity index (χ0v) is 22.7. The maximum Gasteiger partial charge on any atom is 0.258 e. The zero-order chi connectivity index (χ0) is 27.0. The van der Waals surface area contributed by atoms with E-state index in [2.05, 4.69) is 49.3 Å². The van der Waals surface area contributed by atoms with Crippen molar-refractivity contribution >= 4 is 44.3 Å². The monoisotopic (exact) mass is 544 g/mol. The highest BCUT2D eigenvalue weighted by Gasteiger charge is 2.31. The second kappa shape index (κ2) is 10.4. The van der Waals surface area contributed by atoms with Gasteiger partial charge >= 0.3 is 0 Å². The molecule has 3 aromatic rings. The van der Waals surface area contributed by atoms with Gasteiger partial charge in [0.1, 0.15) is 0 Å². The van der Waals surface area contributed by atoms with Crippen LogP contribution in [0.5, 0.6) is 0 Å². The van der Waals surface area contributed by atoms with Crippen LogP contribution in [-0.4, -0.2) is 64.0 Å². The van der Waals surface area contributed by atoms with Crippen LogP contribution in [-0.2, 0) is 14.8 Å². The summed E-state index contributed by atoms with van der Waals surface area (Å²) in [4.78, 5) is 22.6. The quantitative estimate of drug-likeness (QED) is 0.373. The largest absolute Gasteiger partial charge is 0.369 e. The molecule has 2 fully saturated rings. The van der Waals surface area contributed by atoms with Crippen LogP contribution in [0.2, 0.25) is 0 Å². The van der Waals surface area contributed by atoms with Gasteiger partial charge in [-0.05, 0) is 80.4 Å². The minimum Gasteiger partial charge on any atom is -0.369 e. The molecule has 39 heavy (non-hydrogen) atoms. The minimum atomic E-state index is -3.70. The van der Waals surface area contributed by atoms with E-state index in [1.54, 1.807) is 18.3 Å². The van der Waals surface area contributed by atoms with Crippen molar-refractivity contribution in [1.29, 1.82) is 0 Å². The van der Waals surface area contributed by atoms with Gasteiger partial charge in [0.15, 0.2) is 0 Å². The van der Waals surface area contributed by atoms with Gasteiger partial charge < -0.3 is 20.4 Å². The Balaban J connectivity index is 1.35. The molecule has 0 atom stereocenters. The molecule has 0 bridgehead atoms. The van der Waals surface area contributed by atoms with Gasteiger partial charge in [0.05, 0.1) is 21.9 Å². The van der Waals surface area contributed by atoms with E-state index in [4.69, 9.17) is 0 Å². The normalized spacial score (nSPS) is 19.0. The third-order valence-electron chi connectivity index (χ3n) is 7.48. The molecule has 10 heteroatoms. The lowest BCUT2D eigenvalue weighted by Gasteiger charge is -2.34. The van der Waals surface area contributed by atoms with E-state index in [-0.39, 0.29) is 10.8 Å². The number of pyridine rings is 1. The Kier molecular flexibility index (Phi) is 6.84. The predicted molar refractivity (Wildman–Crippen MR) is 154 cm³/mol. The lowest BCUT2D eigenvalue weighted by atomic mass is 10.0. The molecule has 1 saturated heterocycles. The first-order chi connectivity index (χ1) is 18.9. The number of hydrogen-bond donors (Lipinski definition) is 3. The number of rotatable bonds is 8. The first kappa shape index (κ1) is 25.5. The van der Waals surface area contributed by atoms with Crippen molar-refractivity contribution in [3.05, 3.63) is 78.1 Å². The van der Waals surface area contributed by atoms with E-state index in [1.807, 2.05) is 30.3 Å². The van der Waals surface area contributed by atoms with E-state index >= 15 is 0 Å². The van der Waals surface area contributed by atoms with Crippen LogP contribution in [0.1, 0.15) is 24.1 Å². The van der Waals surface area contributed by atoms with E-state index in [0.29, 0.717) is 40.7 Å². The molecule has 0 spiro atoms. The van der Waals surface area contributed by atoms with Gasteiger partial charge in [-0.15, -0.1) is 0 Å². The Morgan fingerprint density at radius 1 is 1.03 bits per heavy atom. The average Bonchev–Trinajstić information content (AvgIpc) is 3.73. The number of carbonyl (C=O) groups is 1. The number of nitrogens with zero attached hydrogens (tertiary/aromatic N) is 3. The van der Waals surface area contributed by atoms with Crippen LogP contribution >= 0.6 is 0 Å². The first-order valence-electron chi connectivity index (χ1n) is 13.3. The number of piperazine rings is 1. The highest BCUT2D eigenvalue weighted by molar-refractivity contribution is 7.89. The summed E-state index contributed by atoms with van der Waals surface area (Å²) in [5, 5.41) is 6.30. The number of benzene rings is 2. The molecule has 3 heterocycles. The molecule has 0 radical (unpaired) electrons. The standard InChI is InChI=1S/C29H32N6O3S/c1-34-14-16-35(17-15-34)22-9-7-21(8-10-22)32-28(26-4-2-3-13-30-26)27-24-18-23(11-12-25(24)33-29(27)36)39(37,38)31-19-20-5-6-20/h2-4,7-13,18,20,31-32H,5-6,14-17,19H2,1H3,(H,33,36)/b28-27-. The fourth-order valence-electron chi connectivity index (χ4n) is 4.92. The molecular formula is C29H32N6O3S. The Morgan fingerprint density at radius 2 is 1.79 bits per heavy atom. The number of nitrogens with one attached hydrogen (secondary N) is 3. The highest BCUT2D eigenvalue weighted by atomic mass is 32.2. The van der Waals surface area contributed by atoms with Crippen molar-refractivity contribution in [2.75, 3.05) is 55.3 Å². The van der Waals surface area contributed by atoms with Crippen LogP contribution in [0.4, 0.5) is 17.1 Å². The number of carbonyl (C=O) groups excluding carboxylic acids is 1. The Bertz CT molecular complexity index is 1510. The second-order valence-corrected chi connectivity index (χ2v) is 12.2. The molecule has 2 aromatic carbocycles. The van der Waals surface area contributed by atoms with Gasteiger partial charge in [-0.2, -0.15) is 0 Å². The molecule has 202 valence electrons. The third kappa shape index (κ3) is 5.54. The van der Waals surface area contributed by atoms with Gasteiger partial charge in [0.25, 0.3) is 5.91 Å². The fraction of sp³-hybridized carbons (Fsp3) is 0.310. The summed E-state index contributed by atoms with van der Waals surface area (Å²) in [5.41, 5.74) is 4.49. The highest BCUT2D eigenvalue weighted by Crippen LogP contribution is 2.38. The topological polar surface area (TPSA) is 107 Å². The van der Waals surface area contributed by atoms with Crippen LogP contribution in [0.25, 0.3) is 11.3 Å². The van der Waals surface area contributed by atoms with Crippen molar-refractivity contribution in [3.8, 4) is 0 Å². The van der Waals surface area contributed by atoms with Gasteiger partial charge in [-0.1, -0.05) is 6.07 Å². The maximum atomic E-state index is 13.3. The molecule has 3 aliphatic rings. The van der Waals surface area contributed by atoms with Crippen LogP contribution in [0.15, 0.2) is 71.8 Å². The molecule has 9 nitrogen and oxygen atoms in total. The van der Waals surface area contributed by atoms with Crippen LogP contribution < -0.4 is 20.3 Å². The summed E-state index contributed by atoms with van der Waals surface area (Å²) in [5.74, 6) is 0.100. The lowest BCUT2D eigenvalue weighted by molar-refractivity contribution is -0.110. The molecule has 2 aliphatic heterocycles. The molecule has 0 unspecified atom stereocenters. The predicted octanol–water partition coefficient (Wildman–Crippen LogP) is 3.45. The van der Waals surface area contributed by atoms with Crippen molar-refractivity contribution in [2.45, 2.75) is 17.7 Å². The molecule has 1 saturated carbocycles. The summed E-state index contributed by atoms with van der Waals surface area (Å²) in [6.45, 7) is 4.44. The summed E-state index contributed by atoms with van der Waals surface area (Å²) in [7, 11) is -1.57. The maximum absolute atomic E-state index is 13.3. The lowest BCUT2D eigenvalue weighted by Crippen LogP contribution is -2.44. The van der Waals surface area contributed by atoms with E-state index < -0.39 is 10.0 Å². The Labute approximate surface area is 229 Å². The smallest absolute Gasteiger partial charge is 0.258 e. The number of likely N-dealkylation sites (N-methyl/N-ethyl adjacent to an activating group) is 1. The number of aromatic nitrogens is 1. The van der Waals surface area contributed by atoms with E-state index in [0.717, 1.165) is 50.4 Å². The average molecular weight is 545 g/mol. The van der Waals surface area contributed by atoms with Gasteiger partial charge in [-0.3, -0.25) is 9.78 Å². The van der Waals surface area contributed by atoms with Crippen molar-refractivity contribution in [2.24, 2.45) is 5.92 Å². The van der Waals surface area contributed by atoms with Gasteiger partial charge in [0.2, 0.25) is 10.0 Å². The summed E-state index contributed by atoms with van der Waals surface area (Å²) in [6, 6.07) is 18.4. The van der Waals surface area contributed by atoms with Crippen LogP contribution in [0, 0.1) is 5.92 Å². The third-order valence-corrected chi connectivity index (χ3v) is 8.90. The van der Waals surface area contributed by atoms with E-state index in [9.17, 15) is 13.2 Å². The zero-order valence-electron chi connectivity index (χ0n) is 21.9.